The fourth-order valence-electron chi connectivity index (χ4n) is 1.91. The third-order valence-corrected chi connectivity index (χ3v) is 4.07. The molecule has 23 heavy (non-hydrogen) atoms. The Kier molecular flexibility index (Phi) is 9.70. The molecule has 0 aliphatic heterocycles. The van der Waals surface area contributed by atoms with Crippen LogP contribution in [0, 0.1) is 6.92 Å². The zero-order valence-electron chi connectivity index (χ0n) is 13.3. The summed E-state index contributed by atoms with van der Waals surface area (Å²) in [6.45, 7) is 4.20. The Hall–Kier alpha value is -1.28. The molecular weight excluding hydrogens is 421 g/mol. The van der Waals surface area contributed by atoms with Crippen molar-refractivity contribution in [2.75, 3.05) is 19.7 Å². The van der Waals surface area contributed by atoms with Gasteiger partial charge < -0.3 is 15.8 Å². The molecule has 4 nitrogen and oxygen atoms in total. The lowest BCUT2D eigenvalue weighted by Gasteiger charge is -2.06. The lowest BCUT2D eigenvalue weighted by molar-refractivity contribution is 0.313. The molecule has 0 amide bonds. The van der Waals surface area contributed by atoms with E-state index in [9.17, 15) is 0 Å². The molecule has 126 valence electrons. The Labute approximate surface area is 159 Å². The first-order chi connectivity index (χ1) is 10.7. The van der Waals surface area contributed by atoms with Gasteiger partial charge >= 0.3 is 0 Å². The first-order valence-electron chi connectivity index (χ1n) is 7.49. The predicted molar refractivity (Wildman–Crippen MR) is 109 cm³/mol. The topological polar surface area (TPSA) is 59.6 Å². The van der Waals surface area contributed by atoms with Crippen LogP contribution in [0.5, 0.6) is 5.75 Å². The molecule has 0 fully saturated rings. The van der Waals surface area contributed by atoms with Crippen LogP contribution in [0.2, 0.25) is 0 Å². The molecule has 0 aliphatic carbocycles. The first-order valence-corrected chi connectivity index (χ1v) is 8.37. The van der Waals surface area contributed by atoms with Crippen molar-refractivity contribution < 1.29 is 4.74 Å². The molecular formula is C17H24IN3OS. The van der Waals surface area contributed by atoms with E-state index in [0.29, 0.717) is 19.1 Å². The van der Waals surface area contributed by atoms with Gasteiger partial charge in [-0.15, -0.1) is 35.3 Å². The van der Waals surface area contributed by atoms with Crippen molar-refractivity contribution in [1.82, 2.24) is 5.32 Å². The zero-order valence-corrected chi connectivity index (χ0v) is 16.5. The third kappa shape index (κ3) is 8.22. The maximum Gasteiger partial charge on any atom is 0.188 e. The number of guanidine groups is 1. The van der Waals surface area contributed by atoms with Crippen LogP contribution < -0.4 is 15.8 Å². The van der Waals surface area contributed by atoms with Gasteiger partial charge in [0.2, 0.25) is 0 Å². The molecule has 2 rings (SSSR count). The number of nitrogens with zero attached hydrogens (tertiary/aromatic N) is 1. The molecule has 0 saturated carbocycles. The van der Waals surface area contributed by atoms with Crippen molar-refractivity contribution >= 4 is 41.3 Å². The quantitative estimate of drug-likeness (QED) is 0.283. The average Bonchev–Trinajstić information content (AvgIpc) is 3.02. The van der Waals surface area contributed by atoms with Crippen molar-refractivity contribution in [2.45, 2.75) is 19.8 Å². The summed E-state index contributed by atoms with van der Waals surface area (Å²) in [7, 11) is 0. The van der Waals surface area contributed by atoms with Gasteiger partial charge in [0, 0.05) is 24.4 Å². The van der Waals surface area contributed by atoms with Gasteiger partial charge in [-0.1, -0.05) is 23.8 Å². The van der Waals surface area contributed by atoms with Gasteiger partial charge in [0.1, 0.15) is 5.75 Å². The highest BCUT2D eigenvalue weighted by atomic mass is 127. The number of aliphatic imine (C=N–C) groups is 1. The van der Waals surface area contributed by atoms with Crippen molar-refractivity contribution in [2.24, 2.45) is 10.7 Å². The maximum atomic E-state index is 5.82. The molecule has 0 atom stereocenters. The minimum atomic E-state index is 0. The Morgan fingerprint density at radius 3 is 2.74 bits per heavy atom. The standard InChI is InChI=1S/C17H23N3OS.HI/c1-14-5-7-15(8-6-14)21-12-3-10-19-17(18)20-11-9-16-4-2-13-22-16;/h2,4-8,13H,3,9-12H2,1H3,(H3,18,19,20);1H. The molecule has 1 aromatic heterocycles. The van der Waals surface area contributed by atoms with Crippen LogP contribution in [-0.4, -0.2) is 25.7 Å². The van der Waals surface area contributed by atoms with Crippen LogP contribution in [0.1, 0.15) is 16.9 Å². The van der Waals surface area contributed by atoms with Gasteiger partial charge in [0.15, 0.2) is 5.96 Å². The minimum absolute atomic E-state index is 0. The van der Waals surface area contributed by atoms with E-state index >= 15 is 0 Å². The highest BCUT2D eigenvalue weighted by Gasteiger charge is 1.96. The fraction of sp³-hybridized carbons (Fsp3) is 0.353. The summed E-state index contributed by atoms with van der Waals surface area (Å²) in [6, 6.07) is 12.2. The van der Waals surface area contributed by atoms with Gasteiger partial charge in [-0.3, -0.25) is 4.99 Å². The number of ether oxygens (including phenoxy) is 1. The summed E-state index contributed by atoms with van der Waals surface area (Å²) < 4.78 is 5.64. The second kappa shape index (κ2) is 11.3. The van der Waals surface area contributed by atoms with Gasteiger partial charge in [-0.25, -0.2) is 0 Å². The first kappa shape index (κ1) is 19.8. The van der Waals surface area contributed by atoms with Crippen LogP contribution in [0.25, 0.3) is 0 Å². The maximum absolute atomic E-state index is 5.82. The number of hydrogen-bond donors (Lipinski definition) is 2. The summed E-state index contributed by atoms with van der Waals surface area (Å²) >= 11 is 1.76. The van der Waals surface area contributed by atoms with E-state index in [2.05, 4.69) is 34.7 Å². The van der Waals surface area contributed by atoms with Gasteiger partial charge in [0.05, 0.1) is 6.61 Å². The highest BCUT2D eigenvalue weighted by Crippen LogP contribution is 2.11. The Balaban J connectivity index is 0.00000264. The van der Waals surface area contributed by atoms with Crippen LogP contribution in [0.3, 0.4) is 0 Å². The average molecular weight is 445 g/mol. The monoisotopic (exact) mass is 445 g/mol. The van der Waals surface area contributed by atoms with Crippen LogP contribution in [0.15, 0.2) is 46.8 Å². The largest absolute Gasteiger partial charge is 0.494 e. The molecule has 0 bridgehead atoms. The van der Waals surface area contributed by atoms with Gasteiger partial charge in [-0.2, -0.15) is 0 Å². The van der Waals surface area contributed by atoms with Gasteiger partial charge in [-0.05, 0) is 36.9 Å². The molecule has 0 spiro atoms. The second-order valence-electron chi connectivity index (χ2n) is 5.04. The highest BCUT2D eigenvalue weighted by molar-refractivity contribution is 14.0. The molecule has 6 heteroatoms. The van der Waals surface area contributed by atoms with Crippen LogP contribution in [-0.2, 0) is 6.42 Å². The number of benzene rings is 1. The number of nitrogens with two attached hydrogens (primary N) is 1. The summed E-state index contributed by atoms with van der Waals surface area (Å²) in [5.74, 6) is 1.41. The third-order valence-electron chi connectivity index (χ3n) is 3.13. The van der Waals surface area contributed by atoms with E-state index in [4.69, 9.17) is 10.5 Å². The molecule has 1 heterocycles. The van der Waals surface area contributed by atoms with E-state index < -0.39 is 0 Å². The fourth-order valence-corrected chi connectivity index (χ4v) is 2.62. The molecule has 0 radical (unpaired) electrons. The lowest BCUT2D eigenvalue weighted by atomic mass is 10.2. The molecule has 0 saturated heterocycles. The smallest absolute Gasteiger partial charge is 0.188 e. The number of aryl methyl sites for hydroxylation is 1. The molecule has 0 unspecified atom stereocenters. The predicted octanol–water partition coefficient (Wildman–Crippen LogP) is 3.59. The summed E-state index contributed by atoms with van der Waals surface area (Å²) in [6.07, 6.45) is 1.83. The number of nitrogens with one attached hydrogen (secondary N) is 1. The van der Waals surface area contributed by atoms with E-state index in [1.54, 1.807) is 11.3 Å². The SMILES string of the molecule is Cc1ccc(OCCCN=C(N)NCCc2cccs2)cc1.I. The summed E-state index contributed by atoms with van der Waals surface area (Å²) in [5, 5.41) is 5.21. The number of rotatable bonds is 8. The number of thiophene rings is 1. The second-order valence-corrected chi connectivity index (χ2v) is 6.07. The molecule has 3 N–H and O–H groups in total. The molecule has 2 aromatic rings. The number of halogens is 1. The van der Waals surface area contributed by atoms with Crippen molar-refractivity contribution in [3.8, 4) is 5.75 Å². The molecule has 0 aliphatic rings. The van der Waals surface area contributed by atoms with Crippen LogP contribution in [0.4, 0.5) is 0 Å². The summed E-state index contributed by atoms with van der Waals surface area (Å²) in [5.41, 5.74) is 7.06. The normalized spacial score (nSPS) is 10.9. The minimum Gasteiger partial charge on any atom is -0.494 e. The van der Waals surface area contributed by atoms with E-state index in [0.717, 1.165) is 25.1 Å². The Morgan fingerprint density at radius 1 is 1.26 bits per heavy atom. The van der Waals surface area contributed by atoms with Crippen molar-refractivity contribution in [1.29, 1.82) is 0 Å². The lowest BCUT2D eigenvalue weighted by Crippen LogP contribution is -2.33. The summed E-state index contributed by atoms with van der Waals surface area (Å²) in [4.78, 5) is 5.65. The molecule has 1 aromatic carbocycles. The Morgan fingerprint density at radius 2 is 2.04 bits per heavy atom. The van der Waals surface area contributed by atoms with Crippen molar-refractivity contribution in [3.05, 3.63) is 52.2 Å². The van der Waals surface area contributed by atoms with E-state index in [1.807, 2.05) is 24.3 Å². The van der Waals surface area contributed by atoms with E-state index in [1.165, 1.54) is 10.4 Å². The Bertz CT molecular complexity index is 570. The van der Waals surface area contributed by atoms with E-state index in [-0.39, 0.29) is 24.0 Å². The van der Waals surface area contributed by atoms with Crippen molar-refractivity contribution in [3.63, 3.8) is 0 Å². The van der Waals surface area contributed by atoms with Crippen LogP contribution >= 0.6 is 35.3 Å². The zero-order chi connectivity index (χ0) is 15.6. The number of hydrogen-bond acceptors (Lipinski definition) is 3. The van der Waals surface area contributed by atoms with Gasteiger partial charge in [0.25, 0.3) is 0 Å².